The molecule has 0 aromatic heterocycles. The highest BCUT2D eigenvalue weighted by atomic mass is 14.3. The molecule has 0 aliphatic heterocycles. The number of hydrogen-bond acceptors (Lipinski definition) is 0. The van der Waals surface area contributed by atoms with E-state index in [1.807, 2.05) is 0 Å². The summed E-state index contributed by atoms with van der Waals surface area (Å²) in [5.41, 5.74) is 0. The Kier molecular flexibility index (Phi) is 5.79. The van der Waals surface area contributed by atoms with Crippen LogP contribution in [0.1, 0.15) is 80.4 Å². The third-order valence-corrected chi connectivity index (χ3v) is 5.67. The Hall–Kier alpha value is -0.260. The fourth-order valence-electron chi connectivity index (χ4n) is 4.29. The number of allylic oxidation sites excluding steroid dienone is 1. The third kappa shape index (κ3) is 3.87. The second-order valence-corrected chi connectivity index (χ2v) is 6.83. The lowest BCUT2D eigenvalue weighted by Gasteiger charge is -2.37. The monoisotopic (exact) mass is 252 g/mol. The van der Waals surface area contributed by atoms with E-state index in [-0.39, 0.29) is 2.85 Å². The first-order chi connectivity index (χ1) is 8.83. The molecule has 2 saturated carbocycles. The van der Waals surface area contributed by atoms with Gasteiger partial charge in [0.05, 0.1) is 0 Å². The van der Waals surface area contributed by atoms with Crippen LogP contribution < -0.4 is 0 Å². The van der Waals surface area contributed by atoms with Crippen LogP contribution in [0, 0.1) is 23.7 Å². The van der Waals surface area contributed by atoms with E-state index in [1.165, 1.54) is 70.6 Å². The Morgan fingerprint density at radius 3 is 2.00 bits per heavy atom. The molecule has 0 spiro atoms. The number of unbranched alkanes of at least 4 members (excludes halogenated alkanes) is 1. The molecule has 0 atom stereocenters. The van der Waals surface area contributed by atoms with Gasteiger partial charge in [0, 0.05) is 2.85 Å². The first-order valence-electron chi connectivity index (χ1n) is 8.46. The molecule has 0 N–H and O–H groups in total. The summed E-state index contributed by atoms with van der Waals surface area (Å²) in [6, 6.07) is 0. The number of hydrogen-bond donors (Lipinski definition) is 0. The lowest BCUT2D eigenvalue weighted by molar-refractivity contribution is 0.152. The minimum Gasteiger partial charge on any atom is -0.103 e. The SMILES string of the molecule is C=CC1CCC(C2CCC(CCCC)CC2)CC1.[HH].[HH]. The first-order valence-corrected chi connectivity index (χ1v) is 8.46. The molecule has 0 radical (unpaired) electrons. The summed E-state index contributed by atoms with van der Waals surface area (Å²) in [6.45, 7) is 6.28. The molecule has 0 aromatic carbocycles. The molecule has 18 heavy (non-hydrogen) atoms. The first kappa shape index (κ1) is 14.2. The van der Waals surface area contributed by atoms with Crippen molar-refractivity contribution in [2.75, 3.05) is 0 Å². The van der Waals surface area contributed by atoms with Gasteiger partial charge in [-0.1, -0.05) is 45.1 Å². The van der Waals surface area contributed by atoms with Crippen molar-refractivity contribution >= 4 is 0 Å². The summed E-state index contributed by atoms with van der Waals surface area (Å²) in [4.78, 5) is 0. The Morgan fingerprint density at radius 2 is 1.50 bits per heavy atom. The van der Waals surface area contributed by atoms with Gasteiger partial charge in [-0.2, -0.15) is 0 Å². The van der Waals surface area contributed by atoms with Gasteiger partial charge in [-0.25, -0.2) is 0 Å². The van der Waals surface area contributed by atoms with Gasteiger partial charge in [0.15, 0.2) is 0 Å². The highest BCUT2D eigenvalue weighted by Gasteiger charge is 2.29. The van der Waals surface area contributed by atoms with E-state index in [1.54, 1.807) is 0 Å². The lowest BCUT2D eigenvalue weighted by atomic mass is 9.69. The van der Waals surface area contributed by atoms with Crippen LogP contribution >= 0.6 is 0 Å². The predicted octanol–water partition coefficient (Wildman–Crippen LogP) is 6.47. The van der Waals surface area contributed by atoms with Crippen molar-refractivity contribution in [3.63, 3.8) is 0 Å². The van der Waals surface area contributed by atoms with E-state index in [4.69, 9.17) is 0 Å². The molecule has 0 nitrogen and oxygen atoms in total. The van der Waals surface area contributed by atoms with Crippen LogP contribution in [0.15, 0.2) is 12.7 Å². The van der Waals surface area contributed by atoms with Gasteiger partial charge in [-0.15, -0.1) is 6.58 Å². The van der Waals surface area contributed by atoms with Gasteiger partial charge in [-0.3, -0.25) is 0 Å². The summed E-state index contributed by atoms with van der Waals surface area (Å²) in [7, 11) is 0. The quantitative estimate of drug-likeness (QED) is 0.492. The van der Waals surface area contributed by atoms with Crippen LogP contribution in [0.2, 0.25) is 0 Å². The fourth-order valence-corrected chi connectivity index (χ4v) is 4.29. The summed E-state index contributed by atoms with van der Waals surface area (Å²) in [5, 5.41) is 0. The Balaban J connectivity index is 0.00000180. The van der Waals surface area contributed by atoms with Gasteiger partial charge in [0.1, 0.15) is 0 Å². The van der Waals surface area contributed by atoms with Gasteiger partial charge < -0.3 is 0 Å². The molecule has 0 heterocycles. The van der Waals surface area contributed by atoms with Crippen LogP contribution in [0.5, 0.6) is 0 Å². The molecule has 0 amide bonds. The van der Waals surface area contributed by atoms with Gasteiger partial charge in [0.2, 0.25) is 0 Å². The zero-order valence-electron chi connectivity index (χ0n) is 12.4. The fraction of sp³-hybridized carbons (Fsp3) is 0.889. The van der Waals surface area contributed by atoms with Crippen LogP contribution in [-0.2, 0) is 0 Å². The Bertz CT molecular complexity index is 236. The van der Waals surface area contributed by atoms with E-state index < -0.39 is 0 Å². The maximum absolute atomic E-state index is 3.96. The standard InChI is InChI=1S/C18H32.2H2/c1-3-5-6-16-9-13-18(14-10-16)17-11-7-15(4-2)8-12-17;;/h4,15-18H,2-3,5-14H2,1H3;2*1H. The average molecular weight is 252 g/mol. The molecule has 108 valence electrons. The molecule has 0 heteroatoms. The van der Waals surface area contributed by atoms with Gasteiger partial charge in [-0.05, 0) is 62.2 Å². The molecular weight excluding hydrogens is 216 g/mol. The lowest BCUT2D eigenvalue weighted by Crippen LogP contribution is -2.25. The van der Waals surface area contributed by atoms with Crippen molar-refractivity contribution in [1.82, 2.24) is 0 Å². The molecule has 2 aliphatic carbocycles. The summed E-state index contributed by atoms with van der Waals surface area (Å²) >= 11 is 0. The minimum absolute atomic E-state index is 0. The van der Waals surface area contributed by atoms with E-state index in [0.717, 1.165) is 23.7 Å². The summed E-state index contributed by atoms with van der Waals surface area (Å²) < 4.78 is 0. The summed E-state index contributed by atoms with van der Waals surface area (Å²) in [5.74, 6) is 4.05. The second kappa shape index (κ2) is 7.36. The van der Waals surface area contributed by atoms with Gasteiger partial charge >= 0.3 is 0 Å². The maximum Gasteiger partial charge on any atom is 0 e. The smallest absolute Gasteiger partial charge is 0 e. The van der Waals surface area contributed by atoms with Crippen molar-refractivity contribution in [2.45, 2.75) is 77.6 Å². The molecule has 0 bridgehead atoms. The largest absolute Gasteiger partial charge is 0.103 e. The average Bonchev–Trinajstić information content (AvgIpc) is 2.46. The highest BCUT2D eigenvalue weighted by Crippen LogP contribution is 2.42. The van der Waals surface area contributed by atoms with E-state index in [2.05, 4.69) is 19.6 Å². The molecule has 0 saturated heterocycles. The molecular formula is C18H36. The highest BCUT2D eigenvalue weighted by molar-refractivity contribution is 4.87. The van der Waals surface area contributed by atoms with Crippen LogP contribution in [0.3, 0.4) is 0 Å². The van der Waals surface area contributed by atoms with Crippen molar-refractivity contribution in [2.24, 2.45) is 23.7 Å². The van der Waals surface area contributed by atoms with Gasteiger partial charge in [0.25, 0.3) is 0 Å². The summed E-state index contributed by atoms with van der Waals surface area (Å²) in [6.07, 6.45) is 18.5. The van der Waals surface area contributed by atoms with Crippen LogP contribution in [-0.4, -0.2) is 0 Å². The zero-order chi connectivity index (χ0) is 12.8. The van der Waals surface area contributed by atoms with Crippen molar-refractivity contribution in [1.29, 1.82) is 0 Å². The predicted molar refractivity (Wildman–Crippen MR) is 84.8 cm³/mol. The van der Waals surface area contributed by atoms with E-state index in [0.29, 0.717) is 0 Å². The molecule has 2 fully saturated rings. The zero-order valence-corrected chi connectivity index (χ0v) is 12.4. The molecule has 0 unspecified atom stereocenters. The van der Waals surface area contributed by atoms with E-state index in [9.17, 15) is 0 Å². The van der Waals surface area contributed by atoms with Crippen molar-refractivity contribution in [3.8, 4) is 0 Å². The maximum atomic E-state index is 3.96. The number of rotatable bonds is 5. The Morgan fingerprint density at radius 1 is 0.944 bits per heavy atom. The minimum atomic E-state index is 0. The second-order valence-electron chi connectivity index (χ2n) is 6.83. The molecule has 2 rings (SSSR count). The third-order valence-electron chi connectivity index (χ3n) is 5.67. The normalized spacial score (nSPS) is 37.4. The van der Waals surface area contributed by atoms with Crippen molar-refractivity contribution in [3.05, 3.63) is 12.7 Å². The van der Waals surface area contributed by atoms with Crippen LogP contribution in [0.25, 0.3) is 0 Å². The Labute approximate surface area is 117 Å². The van der Waals surface area contributed by atoms with Crippen LogP contribution in [0.4, 0.5) is 0 Å². The van der Waals surface area contributed by atoms with Crippen molar-refractivity contribution < 1.29 is 2.85 Å². The topological polar surface area (TPSA) is 0 Å². The molecule has 2 aliphatic rings. The van der Waals surface area contributed by atoms with E-state index >= 15 is 0 Å². The molecule has 0 aromatic rings.